The van der Waals surface area contributed by atoms with E-state index in [0.29, 0.717) is 22.2 Å². The summed E-state index contributed by atoms with van der Waals surface area (Å²) in [4.78, 5) is 12.4. The fraction of sp³-hybridized carbons (Fsp3) is 0.188. The van der Waals surface area contributed by atoms with Crippen LogP contribution in [0.4, 0.5) is 11.4 Å². The minimum absolute atomic E-state index is 0.258. The summed E-state index contributed by atoms with van der Waals surface area (Å²) in [6, 6.07) is 12.7. The highest BCUT2D eigenvalue weighted by Crippen LogP contribution is 2.23. The Morgan fingerprint density at radius 1 is 1.19 bits per heavy atom. The number of amides is 1. The Morgan fingerprint density at radius 2 is 1.95 bits per heavy atom. The van der Waals surface area contributed by atoms with Crippen molar-refractivity contribution in [2.75, 3.05) is 10.7 Å². The third-order valence-corrected chi connectivity index (χ3v) is 3.43. The van der Waals surface area contributed by atoms with Gasteiger partial charge in [0.1, 0.15) is 0 Å². The second-order valence-corrected chi connectivity index (χ2v) is 5.50. The molecule has 0 aliphatic carbocycles. The van der Waals surface area contributed by atoms with Gasteiger partial charge in [-0.2, -0.15) is 0 Å². The Morgan fingerprint density at radius 3 is 2.62 bits per heavy atom. The van der Waals surface area contributed by atoms with Crippen molar-refractivity contribution in [3.8, 4) is 0 Å². The monoisotopic (exact) mass is 303 g/mol. The van der Waals surface area contributed by atoms with E-state index in [0.717, 1.165) is 11.3 Å². The molecule has 0 bridgehead atoms. The lowest BCUT2D eigenvalue weighted by atomic mass is 10.0. The second-order valence-electron chi connectivity index (χ2n) is 5.07. The quantitative estimate of drug-likeness (QED) is 0.591. The molecule has 4 N–H and O–H groups in total. The summed E-state index contributed by atoms with van der Waals surface area (Å²) < 4.78 is 0. The summed E-state index contributed by atoms with van der Waals surface area (Å²) in [6.07, 6.45) is 0. The minimum Gasteiger partial charge on any atom is -0.323 e. The summed E-state index contributed by atoms with van der Waals surface area (Å²) in [6.45, 7) is 4.21. The van der Waals surface area contributed by atoms with Crippen molar-refractivity contribution < 1.29 is 4.79 Å². The van der Waals surface area contributed by atoms with Gasteiger partial charge in [0.2, 0.25) is 0 Å². The fourth-order valence-corrected chi connectivity index (χ4v) is 2.18. The average Bonchev–Trinajstić information content (AvgIpc) is 2.47. The van der Waals surface area contributed by atoms with E-state index in [1.165, 1.54) is 0 Å². The number of nitrogen functional groups attached to an aromatic ring is 1. The van der Waals surface area contributed by atoms with E-state index in [2.05, 4.69) is 24.6 Å². The predicted molar refractivity (Wildman–Crippen MR) is 87.7 cm³/mol. The summed E-state index contributed by atoms with van der Waals surface area (Å²) in [7, 11) is 0. The number of nitrogens with one attached hydrogen (secondary N) is 2. The van der Waals surface area contributed by atoms with Crippen molar-refractivity contribution in [1.29, 1.82) is 0 Å². The van der Waals surface area contributed by atoms with Crippen LogP contribution in [0, 0.1) is 0 Å². The molecule has 5 heteroatoms. The molecule has 2 rings (SSSR count). The van der Waals surface area contributed by atoms with Crippen LogP contribution in [-0.4, -0.2) is 5.91 Å². The molecule has 4 nitrogen and oxygen atoms in total. The van der Waals surface area contributed by atoms with Crippen LogP contribution in [0.5, 0.6) is 0 Å². The van der Waals surface area contributed by atoms with Gasteiger partial charge in [0.05, 0.1) is 11.3 Å². The van der Waals surface area contributed by atoms with E-state index in [1.807, 2.05) is 24.3 Å². The Balaban J connectivity index is 2.26. The largest absolute Gasteiger partial charge is 0.323 e. The van der Waals surface area contributed by atoms with Crippen molar-refractivity contribution in [2.24, 2.45) is 5.84 Å². The van der Waals surface area contributed by atoms with Crippen molar-refractivity contribution in [3.63, 3.8) is 0 Å². The van der Waals surface area contributed by atoms with Gasteiger partial charge in [0, 0.05) is 10.7 Å². The maximum atomic E-state index is 12.4. The van der Waals surface area contributed by atoms with Crippen LogP contribution in [0.15, 0.2) is 42.5 Å². The first-order chi connectivity index (χ1) is 10.0. The molecule has 2 aromatic rings. The van der Waals surface area contributed by atoms with Crippen molar-refractivity contribution >= 4 is 28.9 Å². The fourth-order valence-electron chi connectivity index (χ4n) is 2.00. The van der Waals surface area contributed by atoms with Crippen LogP contribution in [-0.2, 0) is 0 Å². The number of hydrogen-bond donors (Lipinski definition) is 3. The summed E-state index contributed by atoms with van der Waals surface area (Å²) in [5.74, 6) is 5.56. The normalized spacial score (nSPS) is 10.5. The van der Waals surface area contributed by atoms with Gasteiger partial charge >= 0.3 is 0 Å². The van der Waals surface area contributed by atoms with Crippen LogP contribution in [0.2, 0.25) is 5.02 Å². The van der Waals surface area contributed by atoms with Crippen molar-refractivity contribution in [1.82, 2.24) is 0 Å². The van der Waals surface area contributed by atoms with Gasteiger partial charge in [-0.1, -0.05) is 37.6 Å². The number of hydrazine groups is 1. The van der Waals surface area contributed by atoms with E-state index < -0.39 is 0 Å². The first-order valence-electron chi connectivity index (χ1n) is 6.68. The standard InChI is InChI=1S/C16H18ClN3O/c1-10(2)11-4-3-5-13(8-11)19-16(21)14-9-12(17)6-7-15(14)20-18/h3-10,20H,18H2,1-2H3,(H,19,21). The number of carbonyl (C=O) groups excluding carboxylic acids is 1. The van der Waals surface area contributed by atoms with Crippen LogP contribution in [0.1, 0.15) is 35.7 Å². The van der Waals surface area contributed by atoms with Crippen LogP contribution in [0.3, 0.4) is 0 Å². The maximum Gasteiger partial charge on any atom is 0.257 e. The topological polar surface area (TPSA) is 67.2 Å². The Bertz CT molecular complexity index is 656. The van der Waals surface area contributed by atoms with E-state index in [-0.39, 0.29) is 5.91 Å². The van der Waals surface area contributed by atoms with Gasteiger partial charge in [0.25, 0.3) is 5.91 Å². The van der Waals surface area contributed by atoms with E-state index in [4.69, 9.17) is 17.4 Å². The number of anilines is 2. The highest BCUT2D eigenvalue weighted by Gasteiger charge is 2.12. The SMILES string of the molecule is CC(C)c1cccc(NC(=O)c2cc(Cl)ccc2NN)c1. The maximum absolute atomic E-state index is 12.4. The molecule has 110 valence electrons. The molecule has 0 fully saturated rings. The van der Waals surface area contributed by atoms with Gasteiger partial charge in [0.15, 0.2) is 0 Å². The third kappa shape index (κ3) is 3.74. The highest BCUT2D eigenvalue weighted by atomic mass is 35.5. The number of halogens is 1. The molecule has 0 atom stereocenters. The van der Waals surface area contributed by atoms with Crippen LogP contribution < -0.4 is 16.6 Å². The molecule has 1 amide bonds. The number of benzene rings is 2. The molecular weight excluding hydrogens is 286 g/mol. The van der Waals surface area contributed by atoms with Crippen LogP contribution >= 0.6 is 11.6 Å². The van der Waals surface area contributed by atoms with E-state index >= 15 is 0 Å². The van der Waals surface area contributed by atoms with E-state index in [9.17, 15) is 4.79 Å². The summed E-state index contributed by atoms with van der Waals surface area (Å²) >= 11 is 5.94. The number of nitrogens with two attached hydrogens (primary N) is 1. The Kier molecular flexibility index (Phi) is 4.83. The molecule has 2 aromatic carbocycles. The van der Waals surface area contributed by atoms with Gasteiger partial charge in [-0.15, -0.1) is 0 Å². The number of rotatable bonds is 4. The zero-order valence-corrected chi connectivity index (χ0v) is 12.7. The minimum atomic E-state index is -0.258. The first kappa shape index (κ1) is 15.4. The Labute approximate surface area is 129 Å². The smallest absolute Gasteiger partial charge is 0.257 e. The highest BCUT2D eigenvalue weighted by molar-refractivity contribution is 6.31. The lowest BCUT2D eigenvalue weighted by Gasteiger charge is -2.12. The first-order valence-corrected chi connectivity index (χ1v) is 7.06. The molecule has 0 heterocycles. The molecule has 0 aromatic heterocycles. The summed E-state index contributed by atoms with van der Waals surface area (Å²) in [5, 5.41) is 3.34. The molecule has 0 saturated carbocycles. The number of carbonyl (C=O) groups is 1. The zero-order valence-electron chi connectivity index (χ0n) is 12.0. The van der Waals surface area contributed by atoms with Gasteiger partial charge < -0.3 is 10.7 Å². The Hall–Kier alpha value is -2.04. The van der Waals surface area contributed by atoms with Crippen LogP contribution in [0.25, 0.3) is 0 Å². The van der Waals surface area contributed by atoms with Crippen molar-refractivity contribution in [2.45, 2.75) is 19.8 Å². The predicted octanol–water partition coefficient (Wildman–Crippen LogP) is 4.00. The van der Waals surface area contributed by atoms with Gasteiger partial charge in [-0.25, -0.2) is 0 Å². The van der Waals surface area contributed by atoms with E-state index in [1.54, 1.807) is 18.2 Å². The van der Waals surface area contributed by atoms with Crippen molar-refractivity contribution in [3.05, 3.63) is 58.6 Å². The lowest BCUT2D eigenvalue weighted by molar-refractivity contribution is 0.102. The third-order valence-electron chi connectivity index (χ3n) is 3.19. The lowest BCUT2D eigenvalue weighted by Crippen LogP contribution is -2.17. The van der Waals surface area contributed by atoms with Gasteiger partial charge in [-0.05, 0) is 41.8 Å². The zero-order chi connectivity index (χ0) is 15.4. The van der Waals surface area contributed by atoms with Gasteiger partial charge in [-0.3, -0.25) is 10.6 Å². The molecule has 0 spiro atoms. The molecule has 0 saturated heterocycles. The molecule has 21 heavy (non-hydrogen) atoms. The second kappa shape index (κ2) is 6.61. The molecule has 0 aliphatic heterocycles. The molecule has 0 unspecified atom stereocenters. The number of hydrogen-bond acceptors (Lipinski definition) is 3. The molecule has 0 radical (unpaired) electrons. The average molecular weight is 304 g/mol. The molecule has 0 aliphatic rings. The molecular formula is C16H18ClN3O. The summed E-state index contributed by atoms with van der Waals surface area (Å²) in [5.41, 5.74) is 5.33.